The first kappa shape index (κ1) is 26.2. The van der Waals surface area contributed by atoms with Gasteiger partial charge in [-0.1, -0.05) is 170 Å². The van der Waals surface area contributed by atoms with E-state index in [4.69, 9.17) is 0 Å². The van der Waals surface area contributed by atoms with Crippen LogP contribution in [0.25, 0.3) is 66.1 Å². The largest absolute Gasteiger partial charge is 0.310 e. The van der Waals surface area contributed by atoms with E-state index in [1.54, 1.807) is 0 Å². The summed E-state index contributed by atoms with van der Waals surface area (Å²) in [6.07, 6.45) is 0. The Hall–Kier alpha value is -6.70. The molecule has 0 spiro atoms. The van der Waals surface area contributed by atoms with Gasteiger partial charge in [-0.05, 0) is 108 Å². The predicted octanol–water partition coefficient (Wildman–Crippen LogP) is 14.1. The zero-order valence-corrected chi connectivity index (χ0v) is 27.8. The lowest BCUT2D eigenvalue weighted by molar-refractivity contribution is 1.28. The van der Waals surface area contributed by atoms with Gasteiger partial charge < -0.3 is 4.90 Å². The van der Waals surface area contributed by atoms with Gasteiger partial charge in [0.2, 0.25) is 0 Å². The Morgan fingerprint density at radius 2 is 0.843 bits per heavy atom. The van der Waals surface area contributed by atoms with Gasteiger partial charge in [-0.15, -0.1) is 0 Å². The first-order valence-electron chi connectivity index (χ1n) is 19.2. The Labute approximate surface area is 305 Å². The monoisotopic (exact) mass is 653 g/mol. The highest BCUT2D eigenvalue weighted by Crippen LogP contribution is 2.39. The zero-order valence-electron chi connectivity index (χ0n) is 31.8. The van der Waals surface area contributed by atoms with E-state index < -0.39 is 0 Å². The molecule has 9 aromatic rings. The van der Waals surface area contributed by atoms with Gasteiger partial charge >= 0.3 is 0 Å². The number of fused-ring (bicyclic) bond motifs is 2. The first-order chi connectivity index (χ1) is 26.9. The molecule has 0 atom stereocenters. The van der Waals surface area contributed by atoms with E-state index in [9.17, 15) is 5.48 Å². The van der Waals surface area contributed by atoms with Crippen molar-refractivity contribution in [3.8, 4) is 44.5 Å². The third-order valence-electron chi connectivity index (χ3n) is 9.53. The molecule has 0 bridgehead atoms. The van der Waals surface area contributed by atoms with Crippen LogP contribution >= 0.6 is 0 Å². The van der Waals surface area contributed by atoms with Crippen molar-refractivity contribution in [3.05, 3.63) is 212 Å². The molecule has 0 aliphatic carbocycles. The molecule has 240 valence electrons. The molecule has 0 amide bonds. The van der Waals surface area contributed by atoms with Crippen LogP contribution in [0.2, 0.25) is 0 Å². The minimum atomic E-state index is -0.114. The molecule has 51 heavy (non-hydrogen) atoms. The fourth-order valence-corrected chi connectivity index (χ4v) is 6.89. The van der Waals surface area contributed by atoms with E-state index >= 15 is 0 Å². The van der Waals surface area contributed by atoms with Crippen molar-refractivity contribution in [2.45, 2.75) is 0 Å². The molecule has 0 radical (unpaired) electrons. The van der Waals surface area contributed by atoms with E-state index in [0.717, 1.165) is 60.9 Å². The summed E-state index contributed by atoms with van der Waals surface area (Å²) < 4.78 is 37.6. The second-order valence-corrected chi connectivity index (χ2v) is 12.7. The summed E-state index contributed by atoms with van der Waals surface area (Å²) >= 11 is 0. The molecule has 0 N–H and O–H groups in total. The summed E-state index contributed by atoms with van der Waals surface area (Å²) in [5.74, 6) is 0. The lowest BCUT2D eigenvalue weighted by atomic mass is 9.97. The molecule has 9 rings (SSSR count). The van der Waals surface area contributed by atoms with Crippen molar-refractivity contribution < 1.29 is 5.48 Å². The minimum Gasteiger partial charge on any atom is -0.310 e. The molecule has 1 nitrogen and oxygen atoms in total. The fourth-order valence-electron chi connectivity index (χ4n) is 6.89. The molecule has 9 aromatic carbocycles. The third-order valence-corrected chi connectivity index (χ3v) is 9.53. The molecule has 0 heterocycles. The van der Waals surface area contributed by atoms with E-state index in [1.807, 2.05) is 108 Å². The van der Waals surface area contributed by atoms with Crippen LogP contribution in [-0.2, 0) is 0 Å². The summed E-state index contributed by atoms with van der Waals surface area (Å²) in [6, 6.07) is 62.8. The zero-order chi connectivity index (χ0) is 37.5. The Morgan fingerprint density at radius 1 is 0.294 bits per heavy atom. The maximum Gasteiger partial charge on any atom is 0.0645 e. The Kier molecular flexibility index (Phi) is 6.84. The molecule has 0 aliphatic rings. The molecular formula is C50H35N. The normalized spacial score (nSPS) is 12.2. The number of anilines is 3. The van der Waals surface area contributed by atoms with Gasteiger partial charge in [0.15, 0.2) is 0 Å². The van der Waals surface area contributed by atoms with Gasteiger partial charge in [0.25, 0.3) is 0 Å². The first-order valence-corrected chi connectivity index (χ1v) is 17.2. The van der Waals surface area contributed by atoms with Gasteiger partial charge in [0.1, 0.15) is 0 Å². The van der Waals surface area contributed by atoms with Gasteiger partial charge in [0, 0.05) is 17.1 Å². The summed E-state index contributed by atoms with van der Waals surface area (Å²) in [6.45, 7) is 0. The second-order valence-electron chi connectivity index (χ2n) is 12.7. The van der Waals surface area contributed by atoms with Crippen LogP contribution in [0.4, 0.5) is 17.1 Å². The smallest absolute Gasteiger partial charge is 0.0645 e. The SMILES string of the molecule is [2H]c1c([2H])c(N(c2ccc(-c3ccc4ccccc4c3)cc2)c2cccc(-c3cccc4ccccc34)c2)c([2H])c([2H])c1-c1ccc(-c2ccccc2)cc1. The molecule has 0 aliphatic heterocycles. The quantitative estimate of drug-likeness (QED) is 0.165. The number of hydrogen-bond acceptors (Lipinski definition) is 1. The van der Waals surface area contributed by atoms with Crippen LogP contribution in [0.15, 0.2) is 212 Å². The fraction of sp³-hybridized carbons (Fsp3) is 0. The van der Waals surface area contributed by atoms with Crippen LogP contribution in [-0.4, -0.2) is 0 Å². The third kappa shape index (κ3) is 6.07. The van der Waals surface area contributed by atoms with Crippen LogP contribution in [0.3, 0.4) is 0 Å². The maximum absolute atomic E-state index is 9.48. The summed E-state index contributed by atoms with van der Waals surface area (Å²) in [5, 5.41) is 4.60. The molecule has 0 unspecified atom stereocenters. The van der Waals surface area contributed by atoms with Gasteiger partial charge in [0.05, 0.1) is 5.48 Å². The second kappa shape index (κ2) is 13.3. The number of benzene rings is 9. The van der Waals surface area contributed by atoms with Crippen LogP contribution in [0, 0.1) is 0 Å². The van der Waals surface area contributed by atoms with E-state index in [-0.39, 0.29) is 35.4 Å². The Bertz CT molecular complexity index is 2810. The molecule has 0 aromatic heterocycles. The van der Waals surface area contributed by atoms with Crippen molar-refractivity contribution in [3.63, 3.8) is 0 Å². The predicted molar refractivity (Wildman–Crippen MR) is 218 cm³/mol. The maximum atomic E-state index is 9.48. The van der Waals surface area contributed by atoms with Crippen LogP contribution < -0.4 is 4.90 Å². The molecule has 0 fully saturated rings. The van der Waals surface area contributed by atoms with E-state index in [1.165, 1.54) is 5.39 Å². The average molecular weight is 654 g/mol. The Balaban J connectivity index is 1.19. The molecule has 0 saturated heterocycles. The summed E-state index contributed by atoms with van der Waals surface area (Å²) in [7, 11) is 0. The molecule has 1 heteroatoms. The molecular weight excluding hydrogens is 615 g/mol. The van der Waals surface area contributed by atoms with Crippen molar-refractivity contribution in [1.82, 2.24) is 0 Å². The average Bonchev–Trinajstić information content (AvgIpc) is 3.25. The lowest BCUT2D eigenvalue weighted by Crippen LogP contribution is -2.10. The number of nitrogens with zero attached hydrogens (tertiary/aromatic N) is 1. The number of hydrogen-bond donors (Lipinski definition) is 0. The standard InChI is InChI=1S/C50H35N/c1-2-10-36(11-3-1)38-20-22-39(23-21-38)40-26-30-46(31-27-40)51(47-32-28-41(29-33-47)44-25-24-37-12-4-5-14-43(37)34-44)48-17-8-16-45(35-48)50-19-9-15-42-13-6-7-18-49(42)50/h1-35H/i26D,27D,30D,31D. The highest BCUT2D eigenvalue weighted by Gasteiger charge is 2.15. The van der Waals surface area contributed by atoms with Gasteiger partial charge in [-0.25, -0.2) is 0 Å². The van der Waals surface area contributed by atoms with Crippen molar-refractivity contribution in [1.29, 1.82) is 0 Å². The van der Waals surface area contributed by atoms with Crippen molar-refractivity contribution in [2.24, 2.45) is 0 Å². The van der Waals surface area contributed by atoms with Gasteiger partial charge in [-0.2, -0.15) is 0 Å². The molecule has 0 saturated carbocycles. The van der Waals surface area contributed by atoms with Crippen LogP contribution in [0.5, 0.6) is 0 Å². The summed E-state index contributed by atoms with van der Waals surface area (Å²) in [5.41, 5.74) is 8.80. The lowest BCUT2D eigenvalue weighted by Gasteiger charge is -2.26. The Morgan fingerprint density at radius 3 is 1.63 bits per heavy atom. The highest BCUT2D eigenvalue weighted by molar-refractivity contribution is 5.97. The highest BCUT2D eigenvalue weighted by atomic mass is 15.1. The summed E-state index contributed by atoms with van der Waals surface area (Å²) in [4.78, 5) is 1.86. The van der Waals surface area contributed by atoms with Crippen molar-refractivity contribution in [2.75, 3.05) is 4.90 Å². The van der Waals surface area contributed by atoms with E-state index in [2.05, 4.69) is 84.9 Å². The number of rotatable bonds is 7. The minimum absolute atomic E-state index is 0.0912. The van der Waals surface area contributed by atoms with Gasteiger partial charge in [-0.3, -0.25) is 0 Å². The topological polar surface area (TPSA) is 3.24 Å². The van der Waals surface area contributed by atoms with E-state index in [0.29, 0.717) is 5.56 Å². The van der Waals surface area contributed by atoms with Crippen LogP contribution in [0.1, 0.15) is 5.48 Å². The van der Waals surface area contributed by atoms with Crippen molar-refractivity contribution >= 4 is 38.6 Å².